The molecule has 0 spiro atoms. The lowest BCUT2D eigenvalue weighted by Crippen LogP contribution is -2.45. The predicted octanol–water partition coefficient (Wildman–Crippen LogP) is 1.64. The van der Waals surface area contributed by atoms with E-state index in [1.54, 1.807) is 32.9 Å². The number of rotatable bonds is 3. The van der Waals surface area contributed by atoms with Gasteiger partial charge in [-0.1, -0.05) is 6.07 Å². The van der Waals surface area contributed by atoms with Crippen LogP contribution in [0.25, 0.3) is 0 Å². The van der Waals surface area contributed by atoms with Crippen LogP contribution in [0.15, 0.2) is 23.1 Å². The summed E-state index contributed by atoms with van der Waals surface area (Å²) in [6.07, 6.45) is 0. The zero-order chi connectivity index (χ0) is 18.6. The van der Waals surface area contributed by atoms with Gasteiger partial charge in [-0.15, -0.1) is 0 Å². The first-order valence-corrected chi connectivity index (χ1v) is 9.42. The first-order valence-electron chi connectivity index (χ1n) is 7.94. The van der Waals surface area contributed by atoms with Crippen LogP contribution < -0.4 is 15.9 Å². The van der Waals surface area contributed by atoms with Gasteiger partial charge in [-0.25, -0.2) is 13.1 Å². The molecule has 0 aliphatic carbocycles. The summed E-state index contributed by atoms with van der Waals surface area (Å²) in [4.78, 5) is 0.0796. The molecule has 0 amide bonds. The Bertz CT molecular complexity index is 723. The van der Waals surface area contributed by atoms with Gasteiger partial charge in [0.25, 0.3) is 0 Å². The van der Waals surface area contributed by atoms with Crippen molar-refractivity contribution in [2.75, 3.05) is 5.73 Å². The molecular formula is C16H27BN2O4S. The molecule has 1 aliphatic heterocycles. The topological polar surface area (TPSA) is 90.7 Å². The van der Waals surface area contributed by atoms with Crippen molar-refractivity contribution >= 4 is 28.3 Å². The van der Waals surface area contributed by atoms with Gasteiger partial charge in [0.2, 0.25) is 10.0 Å². The van der Waals surface area contributed by atoms with E-state index in [2.05, 4.69) is 4.72 Å². The first-order chi connectivity index (χ1) is 10.6. The van der Waals surface area contributed by atoms with Crippen LogP contribution in [0.2, 0.25) is 0 Å². The monoisotopic (exact) mass is 354 g/mol. The van der Waals surface area contributed by atoms with Crippen LogP contribution >= 0.6 is 0 Å². The average Bonchev–Trinajstić information content (AvgIpc) is 2.55. The molecule has 24 heavy (non-hydrogen) atoms. The molecule has 0 saturated carbocycles. The van der Waals surface area contributed by atoms with Crippen molar-refractivity contribution in [3.8, 4) is 0 Å². The van der Waals surface area contributed by atoms with Gasteiger partial charge in [0.1, 0.15) is 0 Å². The standard InChI is InChI=1S/C16H27BN2O4S/c1-14(2,3)19-24(20,21)13-10-11(18)8-9-12(13)17-22-15(4,5)16(6,7)23-17/h8-10,19H,18H2,1-7H3. The summed E-state index contributed by atoms with van der Waals surface area (Å²) in [7, 11) is -4.55. The lowest BCUT2D eigenvalue weighted by atomic mass is 9.79. The van der Waals surface area contributed by atoms with Gasteiger partial charge in [0.15, 0.2) is 0 Å². The van der Waals surface area contributed by atoms with Crippen LogP contribution in [0, 0.1) is 0 Å². The van der Waals surface area contributed by atoms with Crippen molar-refractivity contribution in [1.82, 2.24) is 4.72 Å². The molecule has 0 atom stereocenters. The van der Waals surface area contributed by atoms with Gasteiger partial charge in [0, 0.05) is 16.7 Å². The summed E-state index contributed by atoms with van der Waals surface area (Å²) in [6.45, 7) is 13.0. The van der Waals surface area contributed by atoms with Gasteiger partial charge in [-0.05, 0) is 60.6 Å². The quantitative estimate of drug-likeness (QED) is 0.636. The number of sulfonamides is 1. The van der Waals surface area contributed by atoms with Crippen molar-refractivity contribution < 1.29 is 17.7 Å². The van der Waals surface area contributed by atoms with Gasteiger partial charge in [-0.3, -0.25) is 0 Å². The Morgan fingerprint density at radius 1 is 1.08 bits per heavy atom. The minimum absolute atomic E-state index is 0.0796. The van der Waals surface area contributed by atoms with E-state index in [9.17, 15) is 8.42 Å². The fraction of sp³-hybridized carbons (Fsp3) is 0.625. The number of anilines is 1. The Balaban J connectivity index is 2.51. The molecule has 0 bridgehead atoms. The lowest BCUT2D eigenvalue weighted by Gasteiger charge is -2.32. The normalized spacial score (nSPS) is 20.4. The largest absolute Gasteiger partial charge is 0.496 e. The molecule has 2 rings (SSSR count). The Morgan fingerprint density at radius 3 is 2.04 bits per heavy atom. The van der Waals surface area contributed by atoms with Crippen LogP contribution in [0.3, 0.4) is 0 Å². The Kier molecular flexibility index (Phi) is 4.59. The van der Waals surface area contributed by atoms with Crippen LogP contribution in [0.5, 0.6) is 0 Å². The molecule has 6 nitrogen and oxygen atoms in total. The van der Waals surface area contributed by atoms with Gasteiger partial charge < -0.3 is 15.0 Å². The number of nitrogens with one attached hydrogen (secondary N) is 1. The maximum absolute atomic E-state index is 12.8. The Labute approximate surface area is 145 Å². The fourth-order valence-electron chi connectivity index (χ4n) is 2.41. The highest BCUT2D eigenvalue weighted by Crippen LogP contribution is 2.37. The molecule has 1 aliphatic rings. The van der Waals surface area contributed by atoms with Gasteiger partial charge in [-0.2, -0.15) is 0 Å². The van der Waals surface area contributed by atoms with E-state index in [1.165, 1.54) is 6.07 Å². The molecule has 8 heteroatoms. The highest BCUT2D eigenvalue weighted by atomic mass is 32.2. The summed E-state index contributed by atoms with van der Waals surface area (Å²) < 4.78 is 40.3. The van der Waals surface area contributed by atoms with E-state index in [0.717, 1.165) is 0 Å². The number of nitrogen functional groups attached to an aromatic ring is 1. The number of nitrogens with two attached hydrogens (primary N) is 1. The van der Waals surface area contributed by atoms with E-state index in [0.29, 0.717) is 11.2 Å². The molecule has 1 aromatic carbocycles. The molecule has 1 fully saturated rings. The fourth-order valence-corrected chi connectivity index (χ4v) is 4.09. The summed E-state index contributed by atoms with van der Waals surface area (Å²) in [6, 6.07) is 4.74. The summed E-state index contributed by atoms with van der Waals surface area (Å²) in [5.74, 6) is 0. The Morgan fingerprint density at radius 2 is 1.58 bits per heavy atom. The summed E-state index contributed by atoms with van der Waals surface area (Å²) in [5.41, 5.74) is 4.90. The third-order valence-corrected chi connectivity index (χ3v) is 6.09. The minimum atomic E-state index is -3.77. The molecule has 1 heterocycles. The predicted molar refractivity (Wildman–Crippen MR) is 96.6 cm³/mol. The summed E-state index contributed by atoms with van der Waals surface area (Å²) >= 11 is 0. The SMILES string of the molecule is CC(C)(C)NS(=O)(=O)c1cc(N)ccc1B1OC(C)(C)C(C)(C)O1. The number of hydrogen-bond donors (Lipinski definition) is 2. The molecule has 0 radical (unpaired) electrons. The van der Waals surface area contributed by atoms with E-state index >= 15 is 0 Å². The minimum Gasteiger partial charge on any atom is -0.399 e. The number of benzene rings is 1. The van der Waals surface area contributed by atoms with Crippen LogP contribution in [0.1, 0.15) is 48.5 Å². The smallest absolute Gasteiger partial charge is 0.399 e. The second kappa shape index (κ2) is 5.73. The Hall–Kier alpha value is -1.09. The van der Waals surface area contributed by atoms with Crippen molar-refractivity contribution in [2.45, 2.75) is 70.1 Å². The van der Waals surface area contributed by atoms with Crippen molar-refractivity contribution in [2.24, 2.45) is 0 Å². The van der Waals surface area contributed by atoms with Crippen LogP contribution in [-0.2, 0) is 19.3 Å². The van der Waals surface area contributed by atoms with Gasteiger partial charge >= 0.3 is 7.12 Å². The molecule has 0 unspecified atom stereocenters. The lowest BCUT2D eigenvalue weighted by molar-refractivity contribution is 0.00578. The second-order valence-corrected chi connectivity index (χ2v) is 9.89. The van der Waals surface area contributed by atoms with Crippen molar-refractivity contribution in [1.29, 1.82) is 0 Å². The maximum Gasteiger partial charge on any atom is 0.496 e. The van der Waals surface area contributed by atoms with E-state index < -0.39 is 33.9 Å². The maximum atomic E-state index is 12.8. The zero-order valence-corrected chi connectivity index (χ0v) is 16.2. The van der Waals surface area contributed by atoms with Crippen molar-refractivity contribution in [3.05, 3.63) is 18.2 Å². The van der Waals surface area contributed by atoms with E-state index in [-0.39, 0.29) is 4.90 Å². The molecule has 0 aromatic heterocycles. The van der Waals surface area contributed by atoms with Gasteiger partial charge in [0.05, 0.1) is 16.1 Å². The average molecular weight is 354 g/mol. The highest BCUT2D eigenvalue weighted by molar-refractivity contribution is 7.89. The van der Waals surface area contributed by atoms with Crippen LogP contribution in [0.4, 0.5) is 5.69 Å². The molecule has 134 valence electrons. The summed E-state index contributed by atoms with van der Waals surface area (Å²) in [5, 5.41) is 0. The van der Waals surface area contributed by atoms with E-state index in [1.807, 2.05) is 27.7 Å². The molecular weight excluding hydrogens is 327 g/mol. The zero-order valence-electron chi connectivity index (χ0n) is 15.4. The highest BCUT2D eigenvalue weighted by Gasteiger charge is 2.52. The molecule has 1 aromatic rings. The first kappa shape index (κ1) is 19.2. The third kappa shape index (κ3) is 3.77. The second-order valence-electron chi connectivity index (χ2n) is 8.24. The third-order valence-electron chi connectivity index (χ3n) is 4.27. The van der Waals surface area contributed by atoms with E-state index in [4.69, 9.17) is 15.0 Å². The van der Waals surface area contributed by atoms with Crippen LogP contribution in [-0.4, -0.2) is 32.3 Å². The molecule has 3 N–H and O–H groups in total. The number of hydrogen-bond acceptors (Lipinski definition) is 5. The van der Waals surface area contributed by atoms with Crippen molar-refractivity contribution in [3.63, 3.8) is 0 Å². The molecule has 1 saturated heterocycles.